The lowest BCUT2D eigenvalue weighted by Gasteiger charge is -2.22. The average Bonchev–Trinajstić information content (AvgIpc) is 2.58. The Bertz CT molecular complexity index is 894. The molecule has 2 rings (SSSR count). The summed E-state index contributed by atoms with van der Waals surface area (Å²) in [5, 5.41) is 11.5. The maximum absolute atomic E-state index is 12.7. The molecule has 0 radical (unpaired) electrons. The van der Waals surface area contributed by atoms with E-state index in [-0.39, 0.29) is 33.6 Å². The van der Waals surface area contributed by atoms with E-state index < -0.39 is 28.6 Å². The fraction of sp³-hybridized carbons (Fsp3) is 0.267. The number of rotatable bonds is 5. The highest BCUT2D eigenvalue weighted by Gasteiger charge is 2.33. The minimum absolute atomic E-state index is 0.0121. The van der Waals surface area contributed by atoms with Crippen LogP contribution >= 0.6 is 31.9 Å². The van der Waals surface area contributed by atoms with Gasteiger partial charge in [0.25, 0.3) is 0 Å². The lowest BCUT2D eigenvalue weighted by atomic mass is 10.2. The van der Waals surface area contributed by atoms with Crippen LogP contribution in [0.15, 0.2) is 33.6 Å². The first kappa shape index (κ1) is 22.0. The van der Waals surface area contributed by atoms with Gasteiger partial charge in [0.15, 0.2) is 4.60 Å². The smallest absolute Gasteiger partial charge is 0.433 e. The van der Waals surface area contributed by atoms with E-state index in [0.29, 0.717) is 0 Å². The standard InChI is InChI=1S/C15H11Br2F3N4O4/c1-2-28-14(25)23(7-8-3-4-10(21-6-8)15(18,19)20)9-5-11(16)22-13(17)12(9)24(26)27/h3-6H,2,7H2,1H3. The van der Waals surface area contributed by atoms with Crippen molar-refractivity contribution in [3.05, 3.63) is 55.0 Å². The Morgan fingerprint density at radius 3 is 2.54 bits per heavy atom. The third-order valence-corrected chi connectivity index (χ3v) is 4.28. The Balaban J connectivity index is 2.50. The number of anilines is 1. The molecular formula is C15H11Br2F3N4O4. The van der Waals surface area contributed by atoms with Gasteiger partial charge in [0.1, 0.15) is 16.0 Å². The number of carbonyl (C=O) groups excluding carboxylic acids is 1. The molecule has 0 saturated heterocycles. The van der Waals surface area contributed by atoms with E-state index in [1.165, 1.54) is 6.07 Å². The Morgan fingerprint density at radius 2 is 2.04 bits per heavy atom. The second kappa shape index (κ2) is 8.82. The van der Waals surface area contributed by atoms with Crippen LogP contribution in [0.3, 0.4) is 0 Å². The zero-order valence-corrected chi connectivity index (χ0v) is 17.2. The summed E-state index contributed by atoms with van der Waals surface area (Å²) in [5.74, 6) is 0. The van der Waals surface area contributed by atoms with Crippen molar-refractivity contribution in [3.63, 3.8) is 0 Å². The minimum atomic E-state index is -4.61. The number of nitrogens with zero attached hydrogens (tertiary/aromatic N) is 4. The van der Waals surface area contributed by atoms with Crippen molar-refractivity contribution in [2.45, 2.75) is 19.6 Å². The first-order chi connectivity index (χ1) is 13.0. The molecule has 0 bridgehead atoms. The van der Waals surface area contributed by atoms with Crippen LogP contribution in [-0.2, 0) is 17.5 Å². The predicted octanol–water partition coefficient (Wildman–Crippen LogP) is 5.09. The van der Waals surface area contributed by atoms with Gasteiger partial charge in [0.2, 0.25) is 0 Å². The molecule has 13 heteroatoms. The number of carbonyl (C=O) groups is 1. The Hall–Kier alpha value is -2.28. The van der Waals surface area contributed by atoms with Gasteiger partial charge in [-0.3, -0.25) is 20.0 Å². The molecule has 0 spiro atoms. The van der Waals surface area contributed by atoms with Gasteiger partial charge in [-0.1, -0.05) is 6.07 Å². The molecule has 0 aromatic carbocycles. The molecule has 8 nitrogen and oxygen atoms in total. The SMILES string of the molecule is CCOC(=O)N(Cc1ccc(C(F)(F)F)nc1)c1cc(Br)nc(Br)c1[N+](=O)[O-]. The van der Waals surface area contributed by atoms with Crippen LogP contribution in [-0.4, -0.2) is 27.6 Å². The molecule has 150 valence electrons. The number of halogens is 5. The number of amides is 1. The quantitative estimate of drug-likeness (QED) is 0.305. The van der Waals surface area contributed by atoms with Crippen molar-refractivity contribution in [1.29, 1.82) is 0 Å². The third kappa shape index (κ3) is 5.16. The van der Waals surface area contributed by atoms with Gasteiger partial charge < -0.3 is 4.74 Å². The van der Waals surface area contributed by atoms with Gasteiger partial charge in [0, 0.05) is 12.3 Å². The number of nitro groups is 1. The van der Waals surface area contributed by atoms with Gasteiger partial charge in [0.05, 0.1) is 18.1 Å². The van der Waals surface area contributed by atoms with E-state index >= 15 is 0 Å². The molecule has 2 aromatic rings. The summed E-state index contributed by atoms with van der Waals surface area (Å²) >= 11 is 6.06. The molecule has 0 N–H and O–H groups in total. The van der Waals surface area contributed by atoms with Crippen molar-refractivity contribution in [3.8, 4) is 0 Å². The van der Waals surface area contributed by atoms with Crippen LogP contribution in [0.25, 0.3) is 0 Å². The average molecular weight is 528 g/mol. The fourth-order valence-electron chi connectivity index (χ4n) is 2.16. The number of alkyl halides is 3. The van der Waals surface area contributed by atoms with Gasteiger partial charge in [-0.25, -0.2) is 9.78 Å². The molecule has 0 atom stereocenters. The van der Waals surface area contributed by atoms with Crippen LogP contribution in [0.5, 0.6) is 0 Å². The van der Waals surface area contributed by atoms with Crippen LogP contribution in [0.2, 0.25) is 0 Å². The molecule has 2 aromatic heterocycles. The predicted molar refractivity (Wildman–Crippen MR) is 98.7 cm³/mol. The van der Waals surface area contributed by atoms with Crippen LogP contribution < -0.4 is 4.90 Å². The number of ether oxygens (including phenoxy) is 1. The maximum Gasteiger partial charge on any atom is 0.433 e. The van der Waals surface area contributed by atoms with Gasteiger partial charge in [-0.05, 0) is 50.4 Å². The largest absolute Gasteiger partial charge is 0.449 e. The number of hydrogen-bond acceptors (Lipinski definition) is 6. The first-order valence-corrected chi connectivity index (χ1v) is 9.10. The van der Waals surface area contributed by atoms with Crippen molar-refractivity contribution < 1.29 is 27.6 Å². The summed E-state index contributed by atoms with van der Waals surface area (Å²) in [6, 6.07) is 3.11. The Morgan fingerprint density at radius 1 is 1.36 bits per heavy atom. The van der Waals surface area contributed by atoms with Crippen molar-refractivity contribution in [1.82, 2.24) is 9.97 Å². The summed E-state index contributed by atoms with van der Waals surface area (Å²) in [4.78, 5) is 31.2. The normalized spacial score (nSPS) is 11.2. The second-order valence-electron chi connectivity index (χ2n) is 5.20. The molecule has 0 aliphatic rings. The highest BCUT2D eigenvalue weighted by atomic mass is 79.9. The highest BCUT2D eigenvalue weighted by molar-refractivity contribution is 9.11. The van der Waals surface area contributed by atoms with E-state index in [0.717, 1.165) is 23.2 Å². The first-order valence-electron chi connectivity index (χ1n) is 7.51. The molecule has 0 saturated carbocycles. The summed E-state index contributed by atoms with van der Waals surface area (Å²) in [5.41, 5.74) is -1.55. The molecule has 1 amide bonds. The van der Waals surface area contributed by atoms with Crippen molar-refractivity contribution in [2.24, 2.45) is 0 Å². The second-order valence-corrected chi connectivity index (χ2v) is 6.76. The monoisotopic (exact) mass is 526 g/mol. The molecule has 28 heavy (non-hydrogen) atoms. The van der Waals surface area contributed by atoms with Crippen LogP contribution in [0, 0.1) is 10.1 Å². The van der Waals surface area contributed by atoms with Crippen molar-refractivity contribution in [2.75, 3.05) is 11.5 Å². The Kier molecular flexibility index (Phi) is 6.93. The maximum atomic E-state index is 12.7. The zero-order valence-electron chi connectivity index (χ0n) is 14.0. The van der Waals surface area contributed by atoms with Crippen LogP contribution in [0.4, 0.5) is 29.3 Å². The summed E-state index contributed by atoms with van der Waals surface area (Å²) in [7, 11) is 0. The molecule has 0 fully saturated rings. The molecule has 0 aliphatic carbocycles. The van der Waals surface area contributed by atoms with E-state index in [9.17, 15) is 28.1 Å². The third-order valence-electron chi connectivity index (χ3n) is 3.32. The van der Waals surface area contributed by atoms with E-state index in [1.54, 1.807) is 6.92 Å². The lowest BCUT2D eigenvalue weighted by Crippen LogP contribution is -2.32. The van der Waals surface area contributed by atoms with Crippen molar-refractivity contribution >= 4 is 49.3 Å². The lowest BCUT2D eigenvalue weighted by molar-refractivity contribution is -0.385. The van der Waals surface area contributed by atoms with E-state index in [1.807, 2.05) is 0 Å². The number of pyridine rings is 2. The summed E-state index contributed by atoms with van der Waals surface area (Å²) < 4.78 is 43.0. The number of hydrogen-bond donors (Lipinski definition) is 0. The number of aromatic nitrogens is 2. The van der Waals surface area contributed by atoms with E-state index in [2.05, 4.69) is 41.8 Å². The molecule has 0 unspecified atom stereocenters. The van der Waals surface area contributed by atoms with Gasteiger partial charge in [-0.2, -0.15) is 13.2 Å². The minimum Gasteiger partial charge on any atom is -0.449 e. The highest BCUT2D eigenvalue weighted by Crippen LogP contribution is 2.37. The van der Waals surface area contributed by atoms with E-state index in [4.69, 9.17) is 4.74 Å². The summed E-state index contributed by atoms with van der Waals surface area (Å²) in [6.07, 6.45) is -4.60. The van der Waals surface area contributed by atoms with Crippen LogP contribution in [0.1, 0.15) is 18.2 Å². The molecule has 0 aliphatic heterocycles. The Labute approximate surface area is 173 Å². The van der Waals surface area contributed by atoms with Gasteiger partial charge in [-0.15, -0.1) is 0 Å². The topological polar surface area (TPSA) is 98.5 Å². The molecule has 2 heterocycles. The summed E-state index contributed by atoms with van der Waals surface area (Å²) in [6.45, 7) is 1.22. The van der Waals surface area contributed by atoms with Gasteiger partial charge >= 0.3 is 18.0 Å². The zero-order chi connectivity index (χ0) is 21.1. The molecular weight excluding hydrogens is 517 g/mol. The fourth-order valence-corrected chi connectivity index (χ4v) is 3.33.